The summed E-state index contributed by atoms with van der Waals surface area (Å²) in [6.45, 7) is 4.22. The number of fused-ring (bicyclic) bond motifs is 1. The molecule has 1 aromatic heterocycles. The minimum atomic E-state index is 0.994. The lowest BCUT2D eigenvalue weighted by molar-refractivity contribution is 0.789. The zero-order chi connectivity index (χ0) is 12.1. The molecule has 0 radical (unpaired) electrons. The van der Waals surface area contributed by atoms with E-state index in [1.807, 2.05) is 6.20 Å². The van der Waals surface area contributed by atoms with E-state index in [9.17, 15) is 0 Å². The van der Waals surface area contributed by atoms with Crippen molar-refractivity contribution in [1.29, 1.82) is 0 Å². The molecule has 1 aromatic carbocycles. The van der Waals surface area contributed by atoms with Gasteiger partial charge in [-0.25, -0.2) is 4.98 Å². The van der Waals surface area contributed by atoms with Crippen LogP contribution in [-0.4, -0.2) is 23.4 Å². The van der Waals surface area contributed by atoms with Gasteiger partial charge in [-0.1, -0.05) is 40.2 Å². The highest BCUT2D eigenvalue weighted by Gasteiger charge is 2.08. The number of benzene rings is 1. The van der Waals surface area contributed by atoms with Gasteiger partial charge in [0, 0.05) is 30.0 Å². The molecule has 0 saturated heterocycles. The fraction of sp³-hybridized carbons (Fsp3) is 0.357. The van der Waals surface area contributed by atoms with E-state index in [1.165, 1.54) is 10.8 Å². The van der Waals surface area contributed by atoms with Gasteiger partial charge in [0.05, 0.1) is 0 Å². The molecule has 0 atom stereocenters. The molecule has 0 aliphatic rings. The molecule has 0 aliphatic carbocycles. The predicted octanol–water partition coefficient (Wildman–Crippen LogP) is 3.85. The first kappa shape index (κ1) is 12.4. The minimum absolute atomic E-state index is 0.994. The Kier molecular flexibility index (Phi) is 4.37. The zero-order valence-electron chi connectivity index (χ0n) is 10.1. The number of pyridine rings is 1. The van der Waals surface area contributed by atoms with Gasteiger partial charge in [0.25, 0.3) is 0 Å². The molecule has 3 heteroatoms. The van der Waals surface area contributed by atoms with Crippen LogP contribution in [-0.2, 0) is 0 Å². The Morgan fingerprint density at radius 3 is 2.82 bits per heavy atom. The molecule has 0 amide bonds. The average Bonchev–Trinajstić information content (AvgIpc) is 2.40. The summed E-state index contributed by atoms with van der Waals surface area (Å²) < 4.78 is 0. The largest absolute Gasteiger partial charge is 0.356 e. The Labute approximate surface area is 111 Å². The van der Waals surface area contributed by atoms with E-state index in [2.05, 4.69) is 63.1 Å². The van der Waals surface area contributed by atoms with Crippen LogP contribution in [0.4, 0.5) is 5.82 Å². The van der Waals surface area contributed by atoms with E-state index >= 15 is 0 Å². The molecule has 2 rings (SSSR count). The number of halogens is 1. The highest BCUT2D eigenvalue weighted by atomic mass is 79.9. The van der Waals surface area contributed by atoms with Gasteiger partial charge in [-0.15, -0.1) is 0 Å². The van der Waals surface area contributed by atoms with Crippen molar-refractivity contribution in [2.45, 2.75) is 13.3 Å². The fourth-order valence-corrected chi connectivity index (χ4v) is 2.27. The van der Waals surface area contributed by atoms with Crippen LogP contribution in [0, 0.1) is 0 Å². The molecular weight excluding hydrogens is 276 g/mol. The normalized spacial score (nSPS) is 10.7. The van der Waals surface area contributed by atoms with Gasteiger partial charge in [0.2, 0.25) is 0 Å². The number of hydrogen-bond acceptors (Lipinski definition) is 2. The first-order valence-corrected chi connectivity index (χ1v) is 7.13. The van der Waals surface area contributed by atoms with Crippen LogP contribution in [0.25, 0.3) is 10.8 Å². The molecule has 2 aromatic rings. The average molecular weight is 293 g/mol. The molecule has 0 fully saturated rings. The smallest absolute Gasteiger partial charge is 0.136 e. The second-order valence-corrected chi connectivity index (χ2v) is 4.77. The summed E-state index contributed by atoms with van der Waals surface area (Å²) in [5, 5.41) is 3.54. The quantitative estimate of drug-likeness (QED) is 0.778. The van der Waals surface area contributed by atoms with E-state index in [-0.39, 0.29) is 0 Å². The summed E-state index contributed by atoms with van der Waals surface area (Å²) in [6, 6.07) is 10.5. The van der Waals surface area contributed by atoms with Crippen LogP contribution >= 0.6 is 15.9 Å². The number of alkyl halides is 1. The lowest BCUT2D eigenvalue weighted by Gasteiger charge is -2.22. The van der Waals surface area contributed by atoms with E-state index in [0.717, 1.165) is 30.7 Å². The van der Waals surface area contributed by atoms with Crippen molar-refractivity contribution in [2.24, 2.45) is 0 Å². The van der Waals surface area contributed by atoms with Gasteiger partial charge in [-0.2, -0.15) is 0 Å². The Morgan fingerprint density at radius 2 is 2.06 bits per heavy atom. The summed E-state index contributed by atoms with van der Waals surface area (Å²) >= 11 is 3.48. The van der Waals surface area contributed by atoms with E-state index in [4.69, 9.17) is 0 Å². The molecule has 0 aliphatic heterocycles. The third-order valence-corrected chi connectivity index (χ3v) is 3.46. The molecule has 0 unspecified atom stereocenters. The molecular formula is C14H17BrN2. The standard InChI is InChI=1S/C14H17BrN2/c1-2-17(11-5-9-15)14-13-7-4-3-6-12(13)8-10-16-14/h3-4,6-8,10H,2,5,9,11H2,1H3. The third kappa shape index (κ3) is 2.78. The Balaban J connectivity index is 2.38. The van der Waals surface area contributed by atoms with Gasteiger partial charge in [-0.3, -0.25) is 0 Å². The maximum atomic E-state index is 4.54. The molecule has 0 spiro atoms. The van der Waals surface area contributed by atoms with Gasteiger partial charge >= 0.3 is 0 Å². The van der Waals surface area contributed by atoms with E-state index in [0.29, 0.717) is 0 Å². The maximum absolute atomic E-state index is 4.54. The van der Waals surface area contributed by atoms with Crippen molar-refractivity contribution in [2.75, 3.05) is 23.3 Å². The third-order valence-electron chi connectivity index (χ3n) is 2.90. The number of hydrogen-bond donors (Lipinski definition) is 0. The summed E-state index contributed by atoms with van der Waals surface area (Å²) in [6.07, 6.45) is 3.03. The molecule has 2 nitrogen and oxygen atoms in total. The van der Waals surface area contributed by atoms with Crippen LogP contribution in [0.2, 0.25) is 0 Å². The summed E-state index contributed by atoms with van der Waals surface area (Å²) in [4.78, 5) is 6.88. The Bertz CT molecular complexity index is 479. The van der Waals surface area contributed by atoms with E-state index in [1.54, 1.807) is 0 Å². The van der Waals surface area contributed by atoms with Crippen molar-refractivity contribution in [3.05, 3.63) is 36.5 Å². The van der Waals surface area contributed by atoms with Gasteiger partial charge < -0.3 is 4.90 Å². The lowest BCUT2D eigenvalue weighted by atomic mass is 10.1. The number of aromatic nitrogens is 1. The van der Waals surface area contributed by atoms with Crippen LogP contribution in [0.3, 0.4) is 0 Å². The summed E-state index contributed by atoms with van der Waals surface area (Å²) in [5.41, 5.74) is 0. The van der Waals surface area contributed by atoms with Crippen LogP contribution in [0.5, 0.6) is 0 Å². The lowest BCUT2D eigenvalue weighted by Crippen LogP contribution is -2.25. The highest BCUT2D eigenvalue weighted by Crippen LogP contribution is 2.24. The SMILES string of the molecule is CCN(CCCBr)c1nccc2ccccc12. The molecule has 1 heterocycles. The van der Waals surface area contributed by atoms with Crippen molar-refractivity contribution in [1.82, 2.24) is 4.98 Å². The van der Waals surface area contributed by atoms with Crippen LogP contribution in [0.1, 0.15) is 13.3 Å². The van der Waals surface area contributed by atoms with Crippen LogP contribution in [0.15, 0.2) is 36.5 Å². The van der Waals surface area contributed by atoms with Crippen molar-refractivity contribution < 1.29 is 0 Å². The monoisotopic (exact) mass is 292 g/mol. The van der Waals surface area contributed by atoms with Crippen molar-refractivity contribution in [3.8, 4) is 0 Å². The maximum Gasteiger partial charge on any atom is 0.136 e. The Hall–Kier alpha value is -1.09. The van der Waals surface area contributed by atoms with Gasteiger partial charge in [0.15, 0.2) is 0 Å². The van der Waals surface area contributed by atoms with Gasteiger partial charge in [0.1, 0.15) is 5.82 Å². The predicted molar refractivity (Wildman–Crippen MR) is 78.0 cm³/mol. The van der Waals surface area contributed by atoms with Crippen molar-refractivity contribution >= 4 is 32.5 Å². The first-order chi connectivity index (χ1) is 8.36. The molecule has 90 valence electrons. The topological polar surface area (TPSA) is 16.1 Å². The Morgan fingerprint density at radius 1 is 1.24 bits per heavy atom. The second-order valence-electron chi connectivity index (χ2n) is 3.98. The summed E-state index contributed by atoms with van der Waals surface area (Å²) in [7, 11) is 0. The second kappa shape index (κ2) is 6.01. The number of anilines is 1. The highest BCUT2D eigenvalue weighted by molar-refractivity contribution is 9.09. The number of rotatable bonds is 5. The molecule has 0 saturated carbocycles. The number of nitrogens with zero attached hydrogens (tertiary/aromatic N) is 2. The van der Waals surface area contributed by atoms with Crippen LogP contribution < -0.4 is 4.90 Å². The minimum Gasteiger partial charge on any atom is -0.356 e. The molecule has 0 N–H and O–H groups in total. The zero-order valence-corrected chi connectivity index (χ0v) is 11.7. The fourth-order valence-electron chi connectivity index (χ4n) is 2.02. The molecule has 17 heavy (non-hydrogen) atoms. The molecule has 0 bridgehead atoms. The summed E-state index contributed by atoms with van der Waals surface area (Å²) in [5.74, 6) is 1.10. The van der Waals surface area contributed by atoms with Crippen molar-refractivity contribution in [3.63, 3.8) is 0 Å². The first-order valence-electron chi connectivity index (χ1n) is 6.01. The van der Waals surface area contributed by atoms with E-state index < -0.39 is 0 Å². The van der Waals surface area contributed by atoms with Gasteiger partial charge in [-0.05, 0) is 24.8 Å².